The summed E-state index contributed by atoms with van der Waals surface area (Å²) in [5.74, 6) is 0. The van der Waals surface area contributed by atoms with Gasteiger partial charge in [-0.3, -0.25) is 0 Å². The van der Waals surface area contributed by atoms with Crippen molar-refractivity contribution in [1.29, 1.82) is 0 Å². The lowest BCUT2D eigenvalue weighted by molar-refractivity contribution is 0.164. The Labute approximate surface area is 129 Å². The third-order valence-corrected chi connectivity index (χ3v) is 5.58. The monoisotopic (exact) mass is 289 g/mol. The zero-order valence-electron chi connectivity index (χ0n) is 14.2. The second-order valence-electron chi connectivity index (χ2n) is 8.08. The number of hydrogen-bond acceptors (Lipinski definition) is 2. The molecule has 3 rings (SSSR count). The second-order valence-corrected chi connectivity index (χ2v) is 8.08. The molecule has 0 saturated carbocycles. The Bertz CT molecular complexity index is 515. The third kappa shape index (κ3) is 2.91. The molecule has 1 aliphatic carbocycles. The van der Waals surface area contributed by atoms with E-state index in [0.717, 1.165) is 13.0 Å². The van der Waals surface area contributed by atoms with Gasteiger partial charge in [0.05, 0.1) is 0 Å². The molecular formula is C18H31N3. The van der Waals surface area contributed by atoms with Crippen LogP contribution >= 0.6 is 0 Å². The highest BCUT2D eigenvalue weighted by atomic mass is 15.2. The van der Waals surface area contributed by atoms with Gasteiger partial charge < -0.3 is 15.2 Å². The van der Waals surface area contributed by atoms with Crippen molar-refractivity contribution in [3.8, 4) is 0 Å². The van der Waals surface area contributed by atoms with E-state index in [1.165, 1.54) is 49.2 Å². The van der Waals surface area contributed by atoms with Gasteiger partial charge in [-0.2, -0.15) is 0 Å². The van der Waals surface area contributed by atoms with Crippen LogP contribution in [0.3, 0.4) is 0 Å². The molecule has 0 radical (unpaired) electrons. The summed E-state index contributed by atoms with van der Waals surface area (Å²) in [5, 5.41) is 0. The Morgan fingerprint density at radius 2 is 2.10 bits per heavy atom. The molecule has 2 atom stereocenters. The van der Waals surface area contributed by atoms with Crippen molar-refractivity contribution in [2.75, 3.05) is 13.6 Å². The van der Waals surface area contributed by atoms with E-state index in [-0.39, 0.29) is 6.04 Å². The molecular weight excluding hydrogens is 258 g/mol. The van der Waals surface area contributed by atoms with Gasteiger partial charge in [0.1, 0.15) is 0 Å². The molecule has 118 valence electrons. The van der Waals surface area contributed by atoms with E-state index >= 15 is 0 Å². The van der Waals surface area contributed by atoms with Gasteiger partial charge in [0.2, 0.25) is 0 Å². The first-order valence-corrected chi connectivity index (χ1v) is 8.52. The summed E-state index contributed by atoms with van der Waals surface area (Å²) < 4.78 is 2.57. The Morgan fingerprint density at radius 3 is 2.81 bits per heavy atom. The largest absolute Gasteiger partial charge is 0.347 e. The minimum atomic E-state index is 0.216. The first-order valence-electron chi connectivity index (χ1n) is 8.52. The van der Waals surface area contributed by atoms with Crippen LogP contribution in [0.4, 0.5) is 0 Å². The smallest absolute Gasteiger partial charge is 0.0381 e. The third-order valence-electron chi connectivity index (χ3n) is 5.58. The van der Waals surface area contributed by atoms with E-state index in [4.69, 9.17) is 5.73 Å². The number of piperidine rings is 1. The van der Waals surface area contributed by atoms with Crippen LogP contribution in [-0.4, -0.2) is 29.1 Å². The molecule has 1 aliphatic heterocycles. The first-order chi connectivity index (χ1) is 9.87. The molecule has 21 heavy (non-hydrogen) atoms. The van der Waals surface area contributed by atoms with Crippen LogP contribution in [0.25, 0.3) is 0 Å². The Kier molecular flexibility index (Phi) is 3.91. The van der Waals surface area contributed by atoms with Crippen molar-refractivity contribution in [3.63, 3.8) is 0 Å². The number of fused-ring (bicyclic) bond motifs is 1. The van der Waals surface area contributed by atoms with Crippen LogP contribution in [0.5, 0.6) is 0 Å². The topological polar surface area (TPSA) is 34.2 Å². The van der Waals surface area contributed by atoms with Gasteiger partial charge in [-0.25, -0.2) is 0 Å². The van der Waals surface area contributed by atoms with Crippen molar-refractivity contribution in [1.82, 2.24) is 9.47 Å². The molecule has 0 bridgehead atoms. The summed E-state index contributed by atoms with van der Waals surface area (Å²) >= 11 is 0. The summed E-state index contributed by atoms with van der Waals surface area (Å²) in [5.41, 5.74) is 11.1. The fourth-order valence-electron chi connectivity index (χ4n) is 4.34. The first kappa shape index (κ1) is 15.1. The van der Waals surface area contributed by atoms with Gasteiger partial charge in [0, 0.05) is 30.0 Å². The molecule has 1 aromatic rings. The highest BCUT2D eigenvalue weighted by Gasteiger charge is 2.34. The van der Waals surface area contributed by atoms with Gasteiger partial charge in [0.15, 0.2) is 0 Å². The van der Waals surface area contributed by atoms with Crippen LogP contribution in [0.2, 0.25) is 0 Å². The Balaban J connectivity index is 1.89. The van der Waals surface area contributed by atoms with Gasteiger partial charge in [-0.05, 0) is 63.2 Å². The number of likely N-dealkylation sites (tertiary alicyclic amines) is 1. The normalized spacial score (nSPS) is 29.4. The fourth-order valence-corrected chi connectivity index (χ4v) is 4.34. The second kappa shape index (κ2) is 5.44. The highest BCUT2D eigenvalue weighted by Crippen LogP contribution is 2.41. The lowest BCUT2D eigenvalue weighted by Crippen LogP contribution is -2.40. The van der Waals surface area contributed by atoms with Gasteiger partial charge in [-0.1, -0.05) is 20.3 Å². The molecule has 0 amide bonds. The van der Waals surface area contributed by atoms with Gasteiger partial charge in [-0.15, -0.1) is 0 Å². The SMILES string of the molecule is Cc1cc2c(n1CC1CCCCN1C)CC(C)(C)CC2N. The molecule has 2 N–H and O–H groups in total. The van der Waals surface area contributed by atoms with E-state index in [1.807, 2.05) is 0 Å². The molecule has 3 heteroatoms. The lowest BCUT2D eigenvalue weighted by Gasteiger charge is -2.37. The summed E-state index contributed by atoms with van der Waals surface area (Å²) in [7, 11) is 2.28. The van der Waals surface area contributed by atoms with Gasteiger partial charge in [0.25, 0.3) is 0 Å². The van der Waals surface area contributed by atoms with Crippen LogP contribution in [0.15, 0.2) is 6.07 Å². The zero-order chi connectivity index (χ0) is 15.2. The molecule has 0 spiro atoms. The summed E-state index contributed by atoms with van der Waals surface area (Å²) in [6, 6.07) is 3.25. The van der Waals surface area contributed by atoms with Crippen molar-refractivity contribution in [2.45, 2.75) is 71.5 Å². The molecule has 0 aromatic carbocycles. The standard InChI is InChI=1S/C18H31N3/c1-13-9-15-16(19)10-18(2,3)11-17(15)21(13)12-14-7-5-6-8-20(14)4/h9,14,16H,5-8,10-12,19H2,1-4H3. The number of aryl methyl sites for hydroxylation is 1. The molecule has 1 aromatic heterocycles. The number of nitrogens with two attached hydrogens (primary N) is 1. The number of hydrogen-bond donors (Lipinski definition) is 1. The van der Waals surface area contributed by atoms with Crippen LogP contribution in [0, 0.1) is 12.3 Å². The maximum atomic E-state index is 6.44. The minimum absolute atomic E-state index is 0.216. The molecule has 1 fully saturated rings. The van der Waals surface area contributed by atoms with Crippen molar-refractivity contribution in [3.05, 3.63) is 23.0 Å². The zero-order valence-corrected chi connectivity index (χ0v) is 14.2. The summed E-state index contributed by atoms with van der Waals surface area (Å²) in [6.45, 7) is 9.35. The Morgan fingerprint density at radius 1 is 1.33 bits per heavy atom. The van der Waals surface area contributed by atoms with Crippen molar-refractivity contribution < 1.29 is 0 Å². The quantitative estimate of drug-likeness (QED) is 0.907. The van der Waals surface area contributed by atoms with E-state index in [1.54, 1.807) is 0 Å². The Hall–Kier alpha value is -0.800. The molecule has 2 aliphatic rings. The van der Waals surface area contributed by atoms with E-state index in [0.29, 0.717) is 11.5 Å². The maximum absolute atomic E-state index is 6.44. The summed E-state index contributed by atoms with van der Waals surface area (Å²) in [4.78, 5) is 2.54. The predicted molar refractivity (Wildman–Crippen MR) is 88.5 cm³/mol. The number of likely N-dealkylation sites (N-methyl/N-ethyl adjacent to an activating group) is 1. The molecule has 2 unspecified atom stereocenters. The maximum Gasteiger partial charge on any atom is 0.0381 e. The predicted octanol–water partition coefficient (Wildman–Crippen LogP) is 3.25. The van der Waals surface area contributed by atoms with Crippen molar-refractivity contribution >= 4 is 0 Å². The molecule has 2 heterocycles. The number of aromatic nitrogens is 1. The van der Waals surface area contributed by atoms with Crippen molar-refractivity contribution in [2.24, 2.45) is 11.1 Å². The lowest BCUT2D eigenvalue weighted by atomic mass is 9.74. The average molecular weight is 289 g/mol. The van der Waals surface area contributed by atoms with Crippen LogP contribution in [-0.2, 0) is 13.0 Å². The summed E-state index contributed by atoms with van der Waals surface area (Å²) in [6.07, 6.45) is 6.33. The highest BCUT2D eigenvalue weighted by molar-refractivity contribution is 5.34. The van der Waals surface area contributed by atoms with E-state index < -0.39 is 0 Å². The minimum Gasteiger partial charge on any atom is -0.347 e. The van der Waals surface area contributed by atoms with E-state index in [9.17, 15) is 0 Å². The van der Waals surface area contributed by atoms with Gasteiger partial charge >= 0.3 is 0 Å². The fraction of sp³-hybridized carbons (Fsp3) is 0.778. The van der Waals surface area contributed by atoms with E-state index in [2.05, 4.69) is 43.4 Å². The average Bonchev–Trinajstić information content (AvgIpc) is 2.69. The number of rotatable bonds is 2. The molecule has 1 saturated heterocycles. The molecule has 3 nitrogen and oxygen atoms in total. The van der Waals surface area contributed by atoms with Crippen LogP contribution in [0.1, 0.15) is 62.5 Å². The number of nitrogens with zero attached hydrogens (tertiary/aromatic N) is 2. The van der Waals surface area contributed by atoms with Crippen LogP contribution < -0.4 is 5.73 Å².